The minimum Gasteiger partial charge on any atom is -0.413 e. The van der Waals surface area contributed by atoms with Gasteiger partial charge in [0, 0.05) is 5.19 Å². The first kappa shape index (κ1) is 59.3. The zero-order valence-corrected chi connectivity index (χ0v) is 56.0. The fourth-order valence-electron chi connectivity index (χ4n) is 5.46. The van der Waals surface area contributed by atoms with Crippen molar-refractivity contribution in [2.45, 2.75) is 177 Å². The smallest absolute Gasteiger partial charge is 0.413 e. The molecule has 0 bridgehead atoms. The van der Waals surface area contributed by atoms with Gasteiger partial charge in [0.1, 0.15) is 0 Å². The summed E-state index contributed by atoms with van der Waals surface area (Å²) in [4.78, 5) is 0. The van der Waals surface area contributed by atoms with Gasteiger partial charge in [-0.05, 0) is 182 Å². The second-order valence-electron chi connectivity index (χ2n) is 24.1. The number of benzene rings is 1. The van der Waals surface area contributed by atoms with Crippen LogP contribution in [0.15, 0.2) is 30.8 Å². The molecule has 1 aromatic rings. The molecule has 352 valence electrons. The Morgan fingerprint density at radius 2 is 0.517 bits per heavy atom. The SMILES string of the molecule is C=Cc1ccccc1[Si](O[Si](C)(C)C)(O[Si](C)(C)C)O[Si](O[Si](C)(C)C)(O[Si](C)(C)C)O[Si](O[Si](C)(C)C)(O[Si](C)(C)C)O[Si](O[Si](C)(C)C)(O[Si](C)(C)C)O[Si](C)(C)C. The molecule has 0 aliphatic rings. The Labute approximate surface area is 382 Å². The lowest BCUT2D eigenvalue weighted by Gasteiger charge is -2.50. The molecule has 0 saturated heterocycles. The van der Waals surface area contributed by atoms with Crippen molar-refractivity contribution in [2.75, 3.05) is 0 Å². The molecule has 12 nitrogen and oxygen atoms in total. The van der Waals surface area contributed by atoms with Crippen LogP contribution in [0.1, 0.15) is 5.56 Å². The third kappa shape index (κ3) is 23.7. The Morgan fingerprint density at radius 3 is 0.750 bits per heavy atom. The van der Waals surface area contributed by atoms with Gasteiger partial charge in [-0.1, -0.05) is 36.9 Å². The van der Waals surface area contributed by atoms with Gasteiger partial charge in [-0.25, -0.2) is 0 Å². The summed E-state index contributed by atoms with van der Waals surface area (Å²) in [6.45, 7) is 61.3. The third-order valence-corrected chi connectivity index (χ3v) is 44.6. The van der Waals surface area contributed by atoms with Crippen LogP contribution < -0.4 is 5.19 Å². The molecule has 0 radical (unpaired) electrons. The molecule has 0 aliphatic carbocycles. The minimum atomic E-state index is -4.66. The number of hydrogen-bond donors (Lipinski definition) is 0. The topological polar surface area (TPSA) is 111 Å². The highest BCUT2D eigenvalue weighted by atomic mass is 28.6. The normalized spacial score (nSPS) is 15.4. The van der Waals surface area contributed by atoms with E-state index in [0.29, 0.717) is 0 Å². The molecule has 0 fully saturated rings. The van der Waals surface area contributed by atoms with Crippen LogP contribution in [0.2, 0.25) is 177 Å². The van der Waals surface area contributed by atoms with Crippen molar-refractivity contribution in [3.8, 4) is 0 Å². The lowest BCUT2D eigenvalue weighted by Crippen LogP contribution is -2.78. The zero-order chi connectivity index (χ0) is 47.7. The summed E-state index contributed by atoms with van der Waals surface area (Å²) in [7, 11) is -40.9. The van der Waals surface area contributed by atoms with Gasteiger partial charge in [-0.15, -0.1) is 0 Å². The number of hydrogen-bond acceptors (Lipinski definition) is 12. The molecule has 25 heteroatoms. The van der Waals surface area contributed by atoms with E-state index in [0.717, 1.165) is 10.8 Å². The average molecular weight is 1070 g/mol. The van der Waals surface area contributed by atoms with Crippen LogP contribution in [0.5, 0.6) is 0 Å². The molecular weight excluding hydrogens is 977 g/mol. The van der Waals surface area contributed by atoms with E-state index in [2.05, 4.69) is 183 Å². The van der Waals surface area contributed by atoms with Gasteiger partial charge in [0.05, 0.1) is 0 Å². The van der Waals surface area contributed by atoms with Crippen LogP contribution in [0.25, 0.3) is 6.08 Å². The maximum absolute atomic E-state index is 7.86. The summed E-state index contributed by atoms with van der Waals surface area (Å²) in [6.07, 6.45) is 1.82. The molecule has 1 aromatic carbocycles. The summed E-state index contributed by atoms with van der Waals surface area (Å²) < 4.78 is 89.4. The Morgan fingerprint density at radius 1 is 0.300 bits per heavy atom. The Kier molecular flexibility index (Phi) is 20.0. The summed E-state index contributed by atoms with van der Waals surface area (Å²) in [6, 6.07) is 8.00. The predicted octanol–water partition coefficient (Wildman–Crippen LogP) is 11.5. The third-order valence-electron chi connectivity index (χ3n) is 6.17. The highest BCUT2D eigenvalue weighted by Crippen LogP contribution is 2.39. The molecule has 1 rings (SSSR count). The molecule has 60 heavy (non-hydrogen) atoms. The fourth-order valence-corrected chi connectivity index (χ4v) is 50.2. The molecule has 0 atom stereocenters. The first-order chi connectivity index (χ1) is 26.0. The van der Waals surface area contributed by atoms with Gasteiger partial charge in [0.25, 0.3) is 0 Å². The monoisotopic (exact) mass is 1060 g/mol. The van der Waals surface area contributed by atoms with Crippen LogP contribution >= 0.6 is 0 Å². The quantitative estimate of drug-likeness (QED) is 0.0824. The van der Waals surface area contributed by atoms with Gasteiger partial charge in [0.15, 0.2) is 74.9 Å². The van der Waals surface area contributed by atoms with Crippen LogP contribution in [-0.4, -0.2) is 111 Å². The van der Waals surface area contributed by atoms with Crippen molar-refractivity contribution >= 4 is 122 Å². The predicted molar refractivity (Wildman–Crippen MR) is 282 cm³/mol. The summed E-state index contributed by atoms with van der Waals surface area (Å²) >= 11 is 0. The Balaban J connectivity index is 4.95. The fraction of sp³-hybridized carbons (Fsp3) is 0.771. The van der Waals surface area contributed by atoms with Crippen LogP contribution in [0, 0.1) is 0 Å². The first-order valence-electron chi connectivity index (χ1n) is 21.2. The van der Waals surface area contributed by atoms with E-state index >= 15 is 0 Å². The highest BCUT2D eigenvalue weighted by Gasteiger charge is 2.72. The Hall–Kier alpha value is 1.30. The maximum Gasteiger partial charge on any atom is 0.646 e. The van der Waals surface area contributed by atoms with Crippen LogP contribution in [0.4, 0.5) is 0 Å². The average Bonchev–Trinajstić information content (AvgIpc) is 2.82. The standard InChI is InChI=1S/C35H88O12Si13/c1-29-34-32-30-31-33-35(34)57(36-48(2,3)4,37-49(5,6)7)45-59(41-53(17,18)19,42-54(20,21)22)47-60(43-55(23,24)25,44-56(26,27)28)46-58(38-50(8,9)10,39-51(11,12)13)40-52(14,15)16/h29-33H,1H2,2-28H3. The van der Waals surface area contributed by atoms with E-state index in [-0.39, 0.29) is 0 Å². The lowest BCUT2D eigenvalue weighted by molar-refractivity contribution is 0.0255. The maximum atomic E-state index is 7.86. The van der Waals surface area contributed by atoms with E-state index in [9.17, 15) is 0 Å². The van der Waals surface area contributed by atoms with Gasteiger partial charge in [0.2, 0.25) is 0 Å². The van der Waals surface area contributed by atoms with Crippen molar-refractivity contribution in [1.29, 1.82) is 0 Å². The molecule has 0 saturated carbocycles. The molecule has 0 amide bonds. The summed E-state index contributed by atoms with van der Waals surface area (Å²) in [5.74, 6) is 0. The van der Waals surface area contributed by atoms with E-state index < -0.39 is 111 Å². The van der Waals surface area contributed by atoms with E-state index in [1.165, 1.54) is 0 Å². The van der Waals surface area contributed by atoms with Gasteiger partial charge in [-0.2, -0.15) is 0 Å². The lowest BCUT2D eigenvalue weighted by atomic mass is 10.2. The van der Waals surface area contributed by atoms with Crippen LogP contribution in [-0.2, 0) is 49.4 Å². The highest BCUT2D eigenvalue weighted by molar-refractivity contribution is 6.99. The van der Waals surface area contributed by atoms with Gasteiger partial charge >= 0.3 is 35.9 Å². The molecule has 0 aromatic heterocycles. The minimum absolute atomic E-state index is 0.768. The zero-order valence-electron chi connectivity index (χ0n) is 43.0. The molecule has 0 spiro atoms. The molecule has 0 N–H and O–H groups in total. The summed E-state index contributed by atoms with van der Waals surface area (Å²) in [5.41, 5.74) is 0.836. The van der Waals surface area contributed by atoms with Crippen LogP contribution in [0.3, 0.4) is 0 Å². The Bertz CT molecular complexity index is 1450. The van der Waals surface area contributed by atoms with Crippen molar-refractivity contribution in [3.63, 3.8) is 0 Å². The largest absolute Gasteiger partial charge is 0.646 e. The second-order valence-corrected chi connectivity index (χ2v) is 76.6. The van der Waals surface area contributed by atoms with Gasteiger partial charge < -0.3 is 49.4 Å². The van der Waals surface area contributed by atoms with E-state index in [1.54, 1.807) is 0 Å². The van der Waals surface area contributed by atoms with Crippen molar-refractivity contribution in [3.05, 3.63) is 36.4 Å². The second kappa shape index (κ2) is 20.3. The number of rotatable bonds is 26. The van der Waals surface area contributed by atoms with Gasteiger partial charge in [-0.3, -0.25) is 0 Å². The van der Waals surface area contributed by atoms with E-state index in [1.807, 2.05) is 30.3 Å². The first-order valence-corrected chi connectivity index (χ1v) is 58.5. The van der Waals surface area contributed by atoms with E-state index in [4.69, 9.17) is 49.4 Å². The van der Waals surface area contributed by atoms with Crippen molar-refractivity contribution in [1.82, 2.24) is 0 Å². The molecule has 0 aliphatic heterocycles. The molecular formula is C35H88O12Si13. The van der Waals surface area contributed by atoms with Crippen molar-refractivity contribution in [2.24, 2.45) is 0 Å². The summed E-state index contributed by atoms with van der Waals surface area (Å²) in [5, 5.41) is 0.768. The molecule has 0 heterocycles. The molecule has 0 unspecified atom stereocenters. The van der Waals surface area contributed by atoms with Crippen molar-refractivity contribution < 1.29 is 49.4 Å².